The lowest BCUT2D eigenvalue weighted by atomic mass is 10.1. The van der Waals surface area contributed by atoms with Crippen molar-refractivity contribution in [1.29, 1.82) is 0 Å². The molecule has 0 aliphatic carbocycles. The van der Waals surface area contributed by atoms with Gasteiger partial charge in [0.2, 0.25) is 0 Å². The van der Waals surface area contributed by atoms with E-state index in [4.69, 9.17) is 10.2 Å². The molecule has 19 heavy (non-hydrogen) atoms. The van der Waals surface area contributed by atoms with Gasteiger partial charge < -0.3 is 10.2 Å². The van der Waals surface area contributed by atoms with Crippen LogP contribution in [0, 0.1) is 0 Å². The van der Waals surface area contributed by atoms with Crippen LogP contribution in [-0.4, -0.2) is 4.98 Å². The quantitative estimate of drug-likeness (QED) is 0.736. The molecule has 4 heteroatoms. The Morgan fingerprint density at radius 1 is 1.16 bits per heavy atom. The molecular formula is C15H14N2OS. The summed E-state index contributed by atoms with van der Waals surface area (Å²) in [6, 6.07) is 12.0. The second-order valence-electron chi connectivity index (χ2n) is 4.20. The Hall–Kier alpha value is -1.78. The summed E-state index contributed by atoms with van der Waals surface area (Å²) in [6.07, 6.45) is 3.57. The molecule has 0 aliphatic rings. The highest BCUT2D eigenvalue weighted by molar-refractivity contribution is 7.98. The third-order valence-corrected chi connectivity index (χ3v) is 4.16. The normalized spacial score (nSPS) is 11.0. The predicted octanol–water partition coefficient (Wildman–Crippen LogP) is 3.58. The Balaban J connectivity index is 1.99. The summed E-state index contributed by atoms with van der Waals surface area (Å²) < 4.78 is 5.37. The summed E-state index contributed by atoms with van der Waals surface area (Å²) >= 11 is 1.75. The van der Waals surface area contributed by atoms with Crippen LogP contribution in [-0.2, 0) is 12.3 Å². The Morgan fingerprint density at radius 2 is 2.05 bits per heavy atom. The van der Waals surface area contributed by atoms with Gasteiger partial charge in [0.1, 0.15) is 5.76 Å². The zero-order chi connectivity index (χ0) is 13.1. The van der Waals surface area contributed by atoms with Crippen molar-refractivity contribution in [2.45, 2.75) is 17.2 Å². The first kappa shape index (κ1) is 12.3. The molecule has 0 fully saturated rings. The molecule has 2 N–H and O–H groups in total. The zero-order valence-corrected chi connectivity index (χ0v) is 11.2. The molecule has 2 aromatic heterocycles. The van der Waals surface area contributed by atoms with Gasteiger partial charge in [-0.1, -0.05) is 18.2 Å². The molecule has 0 spiro atoms. The van der Waals surface area contributed by atoms with Crippen molar-refractivity contribution in [2.24, 2.45) is 5.73 Å². The number of para-hydroxylation sites is 1. The number of benzene rings is 1. The number of pyridine rings is 1. The second kappa shape index (κ2) is 5.47. The van der Waals surface area contributed by atoms with Crippen molar-refractivity contribution in [1.82, 2.24) is 4.98 Å². The van der Waals surface area contributed by atoms with E-state index in [1.807, 2.05) is 36.5 Å². The number of thioether (sulfide) groups is 1. The fraction of sp³-hybridized carbons (Fsp3) is 0.133. The average molecular weight is 270 g/mol. The van der Waals surface area contributed by atoms with Crippen molar-refractivity contribution in [3.05, 3.63) is 60.2 Å². The average Bonchev–Trinajstić information content (AvgIpc) is 2.97. The second-order valence-corrected chi connectivity index (χ2v) is 5.19. The highest BCUT2D eigenvalue weighted by Crippen LogP contribution is 2.32. The summed E-state index contributed by atoms with van der Waals surface area (Å²) in [5.74, 6) is 1.77. The smallest absolute Gasteiger partial charge is 0.113 e. The van der Waals surface area contributed by atoms with E-state index in [0.717, 1.165) is 28.0 Å². The molecule has 0 saturated carbocycles. The highest BCUT2D eigenvalue weighted by atomic mass is 32.2. The van der Waals surface area contributed by atoms with Gasteiger partial charge in [-0.15, -0.1) is 11.8 Å². The number of rotatable bonds is 4. The van der Waals surface area contributed by atoms with E-state index in [1.165, 1.54) is 4.90 Å². The molecule has 0 bridgehead atoms. The maximum Gasteiger partial charge on any atom is 0.113 e. The van der Waals surface area contributed by atoms with Crippen molar-refractivity contribution in [3.63, 3.8) is 0 Å². The van der Waals surface area contributed by atoms with Gasteiger partial charge in [-0.25, -0.2) is 0 Å². The molecule has 0 amide bonds. The van der Waals surface area contributed by atoms with Crippen LogP contribution >= 0.6 is 11.8 Å². The van der Waals surface area contributed by atoms with E-state index in [9.17, 15) is 0 Å². The highest BCUT2D eigenvalue weighted by Gasteiger charge is 2.09. The summed E-state index contributed by atoms with van der Waals surface area (Å²) in [4.78, 5) is 5.64. The summed E-state index contributed by atoms with van der Waals surface area (Å²) in [7, 11) is 0. The summed E-state index contributed by atoms with van der Waals surface area (Å²) in [5.41, 5.74) is 7.89. The van der Waals surface area contributed by atoms with E-state index in [2.05, 4.69) is 11.1 Å². The molecule has 0 unspecified atom stereocenters. The molecule has 3 aromatic rings. The van der Waals surface area contributed by atoms with Crippen molar-refractivity contribution in [2.75, 3.05) is 0 Å². The Bertz CT molecular complexity index is 680. The lowest BCUT2D eigenvalue weighted by molar-refractivity contribution is 0.530. The van der Waals surface area contributed by atoms with Gasteiger partial charge in [0.15, 0.2) is 0 Å². The Morgan fingerprint density at radius 3 is 2.84 bits per heavy atom. The molecule has 0 aliphatic heterocycles. The van der Waals surface area contributed by atoms with Gasteiger partial charge in [0, 0.05) is 23.0 Å². The fourth-order valence-electron chi connectivity index (χ4n) is 2.01. The first-order valence-corrected chi connectivity index (χ1v) is 7.09. The van der Waals surface area contributed by atoms with E-state index >= 15 is 0 Å². The van der Waals surface area contributed by atoms with Crippen molar-refractivity contribution >= 4 is 22.7 Å². The molecule has 2 heterocycles. The molecule has 0 atom stereocenters. The van der Waals surface area contributed by atoms with Gasteiger partial charge in [-0.3, -0.25) is 4.98 Å². The first-order chi connectivity index (χ1) is 9.38. The van der Waals surface area contributed by atoms with Gasteiger partial charge in [0.05, 0.1) is 17.5 Å². The molecule has 3 rings (SSSR count). The first-order valence-electron chi connectivity index (χ1n) is 6.10. The predicted molar refractivity (Wildman–Crippen MR) is 77.9 cm³/mol. The number of fused-ring (bicyclic) bond motifs is 1. The van der Waals surface area contributed by atoms with Crippen molar-refractivity contribution in [3.8, 4) is 0 Å². The number of hydrogen-bond donors (Lipinski definition) is 1. The lowest BCUT2D eigenvalue weighted by Crippen LogP contribution is -2.00. The molecule has 0 saturated heterocycles. The number of nitrogens with two attached hydrogens (primary N) is 1. The van der Waals surface area contributed by atoms with Crippen LogP contribution in [0.3, 0.4) is 0 Å². The number of nitrogens with zero attached hydrogens (tertiary/aromatic N) is 1. The van der Waals surface area contributed by atoms with Crippen molar-refractivity contribution < 1.29 is 4.42 Å². The maximum absolute atomic E-state index is 5.81. The minimum absolute atomic E-state index is 0.498. The van der Waals surface area contributed by atoms with E-state index in [-0.39, 0.29) is 0 Å². The SMILES string of the molecule is NCc1cnc2ccccc2c1SCc1ccco1. The van der Waals surface area contributed by atoms with Crippen LogP contribution in [0.4, 0.5) is 0 Å². The Kier molecular flexibility index (Phi) is 3.53. The van der Waals surface area contributed by atoms with Crippen LogP contribution in [0.25, 0.3) is 10.9 Å². The van der Waals surface area contributed by atoms with Gasteiger partial charge in [-0.2, -0.15) is 0 Å². The standard InChI is InChI=1S/C15H14N2OS/c16-8-11-9-17-14-6-2-1-5-13(14)15(11)19-10-12-4-3-7-18-12/h1-7,9H,8,10,16H2. The molecule has 1 aromatic carbocycles. The maximum atomic E-state index is 5.81. The lowest BCUT2D eigenvalue weighted by Gasteiger charge is -2.10. The third kappa shape index (κ3) is 2.50. The number of hydrogen-bond acceptors (Lipinski definition) is 4. The molecule has 0 radical (unpaired) electrons. The van der Waals surface area contributed by atoms with Crippen LogP contribution in [0.5, 0.6) is 0 Å². The van der Waals surface area contributed by atoms with E-state index in [0.29, 0.717) is 6.54 Å². The van der Waals surface area contributed by atoms with Crippen LogP contribution < -0.4 is 5.73 Å². The van der Waals surface area contributed by atoms with Gasteiger partial charge >= 0.3 is 0 Å². The van der Waals surface area contributed by atoms with Crippen LogP contribution in [0.1, 0.15) is 11.3 Å². The van der Waals surface area contributed by atoms with Crippen LogP contribution in [0.2, 0.25) is 0 Å². The topological polar surface area (TPSA) is 52.0 Å². The summed E-state index contributed by atoms with van der Waals surface area (Å²) in [6.45, 7) is 0.498. The summed E-state index contributed by atoms with van der Waals surface area (Å²) in [5, 5.41) is 1.15. The molecule has 3 nitrogen and oxygen atoms in total. The third-order valence-electron chi connectivity index (χ3n) is 2.96. The number of aromatic nitrogens is 1. The molecular weight excluding hydrogens is 256 g/mol. The monoisotopic (exact) mass is 270 g/mol. The zero-order valence-electron chi connectivity index (χ0n) is 10.4. The molecule has 96 valence electrons. The minimum Gasteiger partial charge on any atom is -0.468 e. The Labute approximate surface area is 115 Å². The fourth-order valence-corrected chi connectivity index (χ4v) is 3.11. The van der Waals surface area contributed by atoms with Gasteiger partial charge in [0.25, 0.3) is 0 Å². The van der Waals surface area contributed by atoms with Gasteiger partial charge in [-0.05, 0) is 23.8 Å². The van der Waals surface area contributed by atoms with E-state index in [1.54, 1.807) is 18.0 Å². The van der Waals surface area contributed by atoms with Crippen LogP contribution in [0.15, 0.2) is 58.2 Å². The van der Waals surface area contributed by atoms with E-state index < -0.39 is 0 Å². The minimum atomic E-state index is 0.498. The number of furan rings is 1. The largest absolute Gasteiger partial charge is 0.468 e.